The van der Waals surface area contributed by atoms with Gasteiger partial charge in [-0.25, -0.2) is 9.97 Å². The van der Waals surface area contributed by atoms with Gasteiger partial charge >= 0.3 is 0 Å². The van der Waals surface area contributed by atoms with Crippen molar-refractivity contribution in [3.63, 3.8) is 0 Å². The second-order valence-corrected chi connectivity index (χ2v) is 6.16. The highest BCUT2D eigenvalue weighted by molar-refractivity contribution is 9.10. The predicted molar refractivity (Wildman–Crippen MR) is 89.3 cm³/mol. The molecule has 1 N–H and O–H groups in total. The van der Waals surface area contributed by atoms with Crippen molar-refractivity contribution in [3.8, 4) is 11.4 Å². The Hall–Kier alpha value is -1.43. The van der Waals surface area contributed by atoms with E-state index in [0.717, 1.165) is 46.9 Å². The van der Waals surface area contributed by atoms with E-state index in [0.29, 0.717) is 5.92 Å². The Balaban J connectivity index is 2.47. The van der Waals surface area contributed by atoms with Crippen LogP contribution in [0.2, 0.25) is 0 Å². The van der Waals surface area contributed by atoms with E-state index < -0.39 is 0 Å². The smallest absolute Gasteiger partial charge is 0.165 e. The van der Waals surface area contributed by atoms with Crippen LogP contribution in [0.4, 0.5) is 5.82 Å². The molecule has 0 saturated heterocycles. The molecule has 0 aliphatic heterocycles. The van der Waals surface area contributed by atoms with Crippen molar-refractivity contribution in [2.75, 3.05) is 11.9 Å². The molecule has 2 heterocycles. The minimum atomic E-state index is 0.539. The molecule has 0 aromatic carbocycles. The summed E-state index contributed by atoms with van der Waals surface area (Å²) in [6.45, 7) is 10.2. The second kappa shape index (κ2) is 7.02. The number of aromatic nitrogens is 4. The molecule has 21 heavy (non-hydrogen) atoms. The van der Waals surface area contributed by atoms with E-state index in [2.05, 4.69) is 59.0 Å². The molecule has 2 aromatic rings. The quantitative estimate of drug-likeness (QED) is 0.860. The van der Waals surface area contributed by atoms with Gasteiger partial charge in [-0.2, -0.15) is 5.10 Å². The summed E-state index contributed by atoms with van der Waals surface area (Å²) in [5.41, 5.74) is 1.99. The number of halogens is 1. The number of nitrogens with zero attached hydrogens (tertiary/aromatic N) is 4. The Morgan fingerprint density at radius 3 is 2.62 bits per heavy atom. The molecule has 5 nitrogen and oxygen atoms in total. The summed E-state index contributed by atoms with van der Waals surface area (Å²) in [5.74, 6) is 2.11. The van der Waals surface area contributed by atoms with Crippen LogP contribution < -0.4 is 5.32 Å². The molecule has 2 aromatic heterocycles. The summed E-state index contributed by atoms with van der Waals surface area (Å²) in [6, 6.07) is 0. The molecule has 6 heteroatoms. The van der Waals surface area contributed by atoms with Gasteiger partial charge in [-0.05, 0) is 42.1 Å². The Bertz CT molecular complexity index is 606. The second-order valence-electron chi connectivity index (χ2n) is 5.37. The van der Waals surface area contributed by atoms with E-state index in [9.17, 15) is 0 Å². The highest BCUT2D eigenvalue weighted by Crippen LogP contribution is 2.28. The van der Waals surface area contributed by atoms with Gasteiger partial charge in [-0.15, -0.1) is 0 Å². The molecule has 114 valence electrons. The van der Waals surface area contributed by atoms with Crippen LogP contribution in [0.1, 0.15) is 33.4 Å². The van der Waals surface area contributed by atoms with Gasteiger partial charge < -0.3 is 5.32 Å². The van der Waals surface area contributed by atoms with Crippen LogP contribution in [0.3, 0.4) is 0 Å². The first-order valence-corrected chi connectivity index (χ1v) is 8.17. The van der Waals surface area contributed by atoms with E-state index in [1.54, 1.807) is 0 Å². The lowest BCUT2D eigenvalue weighted by atomic mass is 10.1. The fourth-order valence-electron chi connectivity index (χ4n) is 2.08. The summed E-state index contributed by atoms with van der Waals surface area (Å²) in [7, 11) is 0. The zero-order valence-corrected chi connectivity index (χ0v) is 14.6. The van der Waals surface area contributed by atoms with E-state index in [4.69, 9.17) is 4.98 Å². The maximum atomic E-state index is 4.72. The van der Waals surface area contributed by atoms with Crippen molar-refractivity contribution < 1.29 is 0 Å². The zero-order chi connectivity index (χ0) is 15.4. The van der Waals surface area contributed by atoms with Crippen molar-refractivity contribution in [1.29, 1.82) is 0 Å². The van der Waals surface area contributed by atoms with Crippen molar-refractivity contribution in [3.05, 3.63) is 22.6 Å². The summed E-state index contributed by atoms with van der Waals surface area (Å²) < 4.78 is 2.85. The molecule has 0 unspecified atom stereocenters. The third-order valence-electron chi connectivity index (χ3n) is 3.08. The first kappa shape index (κ1) is 15.9. The molecule has 0 radical (unpaired) electrons. The van der Waals surface area contributed by atoms with Crippen LogP contribution in [0.15, 0.2) is 16.9 Å². The van der Waals surface area contributed by atoms with Gasteiger partial charge in [-0.3, -0.25) is 4.68 Å². The minimum Gasteiger partial charge on any atom is -0.369 e. The van der Waals surface area contributed by atoms with Gasteiger partial charge in [-0.1, -0.05) is 13.8 Å². The maximum Gasteiger partial charge on any atom is 0.165 e. The molecule has 0 bridgehead atoms. The van der Waals surface area contributed by atoms with Gasteiger partial charge in [0.1, 0.15) is 5.82 Å². The highest BCUT2D eigenvalue weighted by Gasteiger charge is 2.15. The largest absolute Gasteiger partial charge is 0.369 e. The fraction of sp³-hybridized carbons (Fsp3) is 0.533. The minimum absolute atomic E-state index is 0.539. The lowest BCUT2D eigenvalue weighted by Gasteiger charge is -2.13. The van der Waals surface area contributed by atoms with Gasteiger partial charge in [0.05, 0.1) is 21.9 Å². The van der Waals surface area contributed by atoms with Crippen LogP contribution in [0.5, 0.6) is 0 Å². The highest BCUT2D eigenvalue weighted by atomic mass is 79.9. The van der Waals surface area contributed by atoms with Crippen LogP contribution in [0, 0.1) is 5.92 Å². The summed E-state index contributed by atoms with van der Waals surface area (Å²) in [4.78, 5) is 9.35. The summed E-state index contributed by atoms with van der Waals surface area (Å²) in [5, 5.41) is 7.60. The predicted octanol–water partition coefficient (Wildman–Crippen LogP) is 3.75. The number of aryl methyl sites for hydroxylation is 1. The molecule has 0 aliphatic carbocycles. The van der Waals surface area contributed by atoms with Crippen molar-refractivity contribution in [2.45, 2.75) is 40.7 Å². The number of rotatable bonds is 6. The first-order valence-electron chi connectivity index (χ1n) is 7.38. The summed E-state index contributed by atoms with van der Waals surface area (Å²) >= 11 is 3.63. The lowest BCUT2D eigenvalue weighted by Crippen LogP contribution is -2.08. The number of hydrogen-bond acceptors (Lipinski definition) is 4. The van der Waals surface area contributed by atoms with Gasteiger partial charge in [0.25, 0.3) is 0 Å². The topological polar surface area (TPSA) is 55.6 Å². The Labute approximate surface area is 134 Å². The number of nitrogens with one attached hydrogen (secondary N) is 1. The monoisotopic (exact) mass is 351 g/mol. The van der Waals surface area contributed by atoms with E-state index in [1.807, 2.05) is 17.1 Å². The lowest BCUT2D eigenvalue weighted by molar-refractivity contribution is 0.632. The zero-order valence-electron chi connectivity index (χ0n) is 13.0. The normalized spacial score (nSPS) is 11.1. The van der Waals surface area contributed by atoms with Crippen molar-refractivity contribution in [2.24, 2.45) is 5.92 Å². The van der Waals surface area contributed by atoms with Gasteiger partial charge in [0, 0.05) is 19.3 Å². The van der Waals surface area contributed by atoms with Crippen LogP contribution in [-0.4, -0.2) is 26.3 Å². The molecular weight excluding hydrogens is 330 g/mol. The van der Waals surface area contributed by atoms with Crippen LogP contribution >= 0.6 is 15.9 Å². The molecule has 0 fully saturated rings. The average molecular weight is 352 g/mol. The Morgan fingerprint density at radius 1 is 1.29 bits per heavy atom. The molecule has 0 spiro atoms. The standard InChI is InChI=1S/C15H22BrN5/c1-5-17-15-13(16)12(7-10(3)4)19-14(20-15)11-8-18-21(6-2)9-11/h8-10H,5-7H2,1-4H3,(H,17,19,20). The SMILES string of the molecule is CCNc1nc(-c2cnn(CC)c2)nc(CC(C)C)c1Br. The fourth-order valence-corrected chi connectivity index (χ4v) is 2.56. The van der Waals surface area contributed by atoms with Crippen molar-refractivity contribution >= 4 is 21.7 Å². The van der Waals surface area contributed by atoms with E-state index >= 15 is 0 Å². The van der Waals surface area contributed by atoms with Gasteiger partial charge in [0.2, 0.25) is 0 Å². The van der Waals surface area contributed by atoms with E-state index in [-0.39, 0.29) is 0 Å². The Kier molecular flexibility index (Phi) is 5.33. The molecule has 0 saturated carbocycles. The molecular formula is C15H22BrN5. The van der Waals surface area contributed by atoms with E-state index in [1.165, 1.54) is 0 Å². The molecule has 0 aliphatic rings. The number of anilines is 1. The first-order chi connectivity index (χ1) is 10.0. The Morgan fingerprint density at radius 2 is 2.05 bits per heavy atom. The van der Waals surface area contributed by atoms with Gasteiger partial charge in [0.15, 0.2) is 5.82 Å². The maximum absolute atomic E-state index is 4.72. The third-order valence-corrected chi connectivity index (χ3v) is 3.91. The molecule has 2 rings (SSSR count). The average Bonchev–Trinajstić information content (AvgIpc) is 2.91. The molecule has 0 atom stereocenters. The van der Waals surface area contributed by atoms with Crippen LogP contribution in [0.25, 0.3) is 11.4 Å². The number of hydrogen-bond donors (Lipinski definition) is 1. The summed E-state index contributed by atoms with van der Waals surface area (Å²) in [6.07, 6.45) is 4.72. The van der Waals surface area contributed by atoms with Crippen molar-refractivity contribution in [1.82, 2.24) is 19.7 Å². The molecule has 0 amide bonds. The third kappa shape index (κ3) is 3.81. The van der Waals surface area contributed by atoms with Crippen LogP contribution in [-0.2, 0) is 13.0 Å².